The highest BCUT2D eigenvalue weighted by Gasteiger charge is 2.54. The van der Waals surface area contributed by atoms with Gasteiger partial charge in [-0.1, -0.05) is 84.8 Å². The molecule has 0 aromatic heterocycles. The van der Waals surface area contributed by atoms with Crippen molar-refractivity contribution in [3.63, 3.8) is 0 Å². The Morgan fingerprint density at radius 1 is 0.682 bits per heavy atom. The molecule has 0 aromatic rings. The minimum Gasteiger partial charge on any atom is -0.383 e. The third-order valence-electron chi connectivity index (χ3n) is 23.9. The number of nitrogens with zero attached hydrogens (tertiary/aromatic N) is 9. The van der Waals surface area contributed by atoms with Crippen LogP contribution in [-0.2, 0) is 71.7 Å². The number of nitrogens with one attached hydrogen (secondary N) is 3. The number of amides is 12. The lowest BCUT2D eigenvalue weighted by Crippen LogP contribution is -2.68. The second kappa shape index (κ2) is 39.6. The molecule has 1 spiro atoms. The van der Waals surface area contributed by atoms with Crippen molar-refractivity contribution in [3.05, 3.63) is 12.2 Å². The van der Waals surface area contributed by atoms with Crippen molar-refractivity contribution in [2.24, 2.45) is 35.5 Å². The van der Waals surface area contributed by atoms with Crippen LogP contribution < -0.4 is 16.0 Å². The summed E-state index contributed by atoms with van der Waals surface area (Å²) in [5.74, 6) is -10.2. The van der Waals surface area contributed by atoms with E-state index in [1.807, 2.05) is 26.8 Å². The molecule has 3 unspecified atom stereocenters. The highest BCUT2D eigenvalue weighted by molar-refractivity contribution is 6.01. The smallest absolute Gasteiger partial charge is 0.383 e. The van der Waals surface area contributed by atoms with Gasteiger partial charge in [0.2, 0.25) is 70.9 Å². The number of likely N-dealkylation sites (N-methyl/N-ethyl adjacent to an activating group) is 6. The first-order valence-corrected chi connectivity index (χ1v) is 39.3. The molecule has 2 bridgehead atoms. The van der Waals surface area contributed by atoms with Crippen LogP contribution in [0.25, 0.3) is 0 Å². The Morgan fingerprint density at radius 3 is 1.95 bits per heavy atom. The van der Waals surface area contributed by atoms with E-state index in [4.69, 9.17) is 14.2 Å². The second-order valence-electron chi connectivity index (χ2n) is 32.2. The number of halogens is 3. The minimum atomic E-state index is -4.52. The Balaban J connectivity index is 1.33. The molecule has 7 rings (SSSR count). The number of alkyl halides is 3. The van der Waals surface area contributed by atoms with Gasteiger partial charge in [-0.25, -0.2) is 0 Å². The fourth-order valence-corrected chi connectivity index (χ4v) is 17.3. The Bertz CT molecular complexity index is 3120. The molecule has 604 valence electrons. The molecule has 6 fully saturated rings. The molecule has 27 nitrogen and oxygen atoms in total. The summed E-state index contributed by atoms with van der Waals surface area (Å²) in [6.07, 6.45) is 4.38. The highest BCUT2D eigenvalue weighted by Crippen LogP contribution is 2.43. The van der Waals surface area contributed by atoms with Crippen LogP contribution in [-0.4, -0.2) is 297 Å². The van der Waals surface area contributed by atoms with Crippen molar-refractivity contribution in [1.82, 2.24) is 60.0 Å². The number of methoxy groups -OCH3 is 2. The largest absolute Gasteiger partial charge is 0.394 e. The normalized spacial score (nSPS) is 31.0. The van der Waals surface area contributed by atoms with Crippen LogP contribution >= 0.6 is 0 Å². The molecule has 12 atom stereocenters. The van der Waals surface area contributed by atoms with Crippen molar-refractivity contribution < 1.29 is 84.9 Å². The molecule has 4 aliphatic carbocycles. The van der Waals surface area contributed by atoms with Crippen molar-refractivity contribution in [2.75, 3.05) is 109 Å². The van der Waals surface area contributed by atoms with E-state index in [0.717, 1.165) is 38.5 Å². The monoisotopic (exact) mass is 1510 g/mol. The summed E-state index contributed by atoms with van der Waals surface area (Å²) in [6, 6.07) is -10.2. The van der Waals surface area contributed by atoms with E-state index >= 15 is 33.6 Å². The van der Waals surface area contributed by atoms with E-state index in [9.17, 15) is 37.1 Å². The molecule has 107 heavy (non-hydrogen) atoms. The zero-order valence-corrected chi connectivity index (χ0v) is 66.1. The van der Waals surface area contributed by atoms with Crippen LogP contribution in [0.1, 0.15) is 189 Å². The summed E-state index contributed by atoms with van der Waals surface area (Å²) in [5, 5.41) is 8.84. The summed E-state index contributed by atoms with van der Waals surface area (Å²) in [6.45, 7) is 8.23. The van der Waals surface area contributed by atoms with Gasteiger partial charge in [-0.05, 0) is 133 Å². The molecule has 0 aromatic carbocycles. The zero-order chi connectivity index (χ0) is 78.9. The van der Waals surface area contributed by atoms with E-state index in [2.05, 4.69) is 22.9 Å². The molecular weight excluding hydrogens is 1390 g/mol. The third-order valence-corrected chi connectivity index (χ3v) is 23.9. The number of hydrogen-bond acceptors (Lipinski definition) is 15. The topological polar surface area (TPSA) is 298 Å². The number of hydrogen-bond donors (Lipinski definition) is 3. The lowest BCUT2D eigenvalue weighted by molar-refractivity contribution is -0.215. The summed E-state index contributed by atoms with van der Waals surface area (Å²) in [5.41, 5.74) is -1.59. The molecule has 12 amide bonds. The van der Waals surface area contributed by atoms with Crippen LogP contribution in [0.15, 0.2) is 12.2 Å². The molecule has 3 aliphatic heterocycles. The van der Waals surface area contributed by atoms with E-state index in [-0.39, 0.29) is 128 Å². The molecule has 3 heterocycles. The van der Waals surface area contributed by atoms with E-state index in [1.54, 1.807) is 13.0 Å². The number of ether oxygens (including phenoxy) is 3. The fraction of sp³-hybridized carbons (Fsp3) is 0.818. The molecule has 4 saturated carbocycles. The fourth-order valence-electron chi connectivity index (χ4n) is 17.3. The Morgan fingerprint density at radius 2 is 1.36 bits per heavy atom. The molecule has 3 N–H and O–H groups in total. The first kappa shape index (κ1) is 87.3. The van der Waals surface area contributed by atoms with Crippen LogP contribution in [0, 0.1) is 35.5 Å². The van der Waals surface area contributed by atoms with Gasteiger partial charge in [0.25, 0.3) is 0 Å². The highest BCUT2D eigenvalue weighted by atomic mass is 19.4. The summed E-state index contributed by atoms with van der Waals surface area (Å²) >= 11 is 0. The van der Waals surface area contributed by atoms with Gasteiger partial charge < -0.3 is 74.3 Å². The Hall–Kier alpha value is -6.95. The maximum Gasteiger partial charge on any atom is 0.394 e. The first-order chi connectivity index (χ1) is 50.6. The Kier molecular flexibility index (Phi) is 32.3. The lowest BCUT2D eigenvalue weighted by atomic mass is 9.74. The average Bonchev–Trinajstić information content (AvgIpc) is 1.65. The standard InChI is InChI=1S/C77H125F3N12O15/c1-15-23-57-67(96)82-56(40-48(3)4)69(98)90(38-39-105-13)47-65(95)87(10)58-26-18-17-21-37-91(73(58)102)61(41-50-29-27-49(5)28-30-50)72(101)85(8)46-63(93)81-55(34-32-51-31-33-54(77(78,79)80)62(42-51)106-14)70(99)92-45-53(107-16-2)43-59(92)68(97)83-76(35-22-36-76)75(104)89(12)66(52-24-19-20-25-52)74(103)88(11)60(71(100)84(6)7)44-64(94)86(57)9/h17-18,48-62,66H,15-16,19-47H2,1-14H3,(H,81,93)(H,82,96)(H,83,97)/b18-17-/t49?,50?,51?,53-,54?,55+,56+,57+,58+,59+,60+,61+,62?,66+/m1/s1. The molecule has 7 aliphatic rings. The van der Waals surface area contributed by atoms with Gasteiger partial charge in [0.15, 0.2) is 0 Å². The van der Waals surface area contributed by atoms with Gasteiger partial charge in [0.05, 0.1) is 44.2 Å². The zero-order valence-electron chi connectivity index (χ0n) is 66.1. The van der Waals surface area contributed by atoms with Crippen molar-refractivity contribution in [3.8, 4) is 0 Å². The summed E-state index contributed by atoms with van der Waals surface area (Å²) in [4.78, 5) is 194. The molecule has 0 radical (unpaired) electrons. The lowest BCUT2D eigenvalue weighted by Gasteiger charge is -2.46. The first-order valence-electron chi connectivity index (χ1n) is 39.3. The predicted molar refractivity (Wildman–Crippen MR) is 393 cm³/mol. The number of fused-ring (bicyclic) bond motifs is 3. The van der Waals surface area contributed by atoms with Gasteiger partial charge in [-0.3, -0.25) is 57.5 Å². The minimum absolute atomic E-state index is 0.0108. The molecular formula is C77H125F3N12O15. The van der Waals surface area contributed by atoms with Crippen LogP contribution in [0.3, 0.4) is 0 Å². The quantitative estimate of drug-likeness (QED) is 0.156. The van der Waals surface area contributed by atoms with E-state index in [0.29, 0.717) is 38.0 Å². The van der Waals surface area contributed by atoms with Crippen molar-refractivity contribution in [2.45, 2.75) is 261 Å². The third kappa shape index (κ3) is 22.2. The second-order valence-corrected chi connectivity index (χ2v) is 32.2. The predicted octanol–water partition coefficient (Wildman–Crippen LogP) is 5.31. The average molecular weight is 1520 g/mol. The van der Waals surface area contributed by atoms with Gasteiger partial charge in [-0.15, -0.1) is 0 Å². The SMILES string of the molecule is CCC[C@H]1C(=O)N[C@@H](CC(C)C)C(=O)N(CCOC)CC(=O)N(C)[C@H]2C/C=C\CCN(C2=O)[C@@H](CC2CCC(C)CC2)C(=O)N(C)CC(=O)N[C@@H](CCC2CCC(C(F)(F)F)C(OC)C2)C(=O)N2C[C@H](OCC)C[C@H]2C(=O)NC2(CCC2)C(=O)N(C)[C@@H](C2CCCC2)C(=O)N(C)[C@H](C(=O)N(C)C)CC(=O)N1C. The summed E-state index contributed by atoms with van der Waals surface area (Å²) in [7, 11) is 12.8. The van der Waals surface area contributed by atoms with Crippen LogP contribution in [0.5, 0.6) is 0 Å². The number of rotatable bonds is 17. The molecule has 30 heteroatoms. The van der Waals surface area contributed by atoms with Crippen LogP contribution in [0.4, 0.5) is 13.2 Å². The van der Waals surface area contributed by atoms with Gasteiger partial charge in [-0.2, -0.15) is 13.2 Å². The maximum absolute atomic E-state index is 15.7. The van der Waals surface area contributed by atoms with E-state index < -0.39 is 174 Å². The van der Waals surface area contributed by atoms with Gasteiger partial charge in [0, 0.05) is 96.2 Å². The van der Waals surface area contributed by atoms with Gasteiger partial charge in [0.1, 0.15) is 53.9 Å². The maximum atomic E-state index is 15.7. The number of carbonyl (C=O) groups excluding carboxylic acids is 12. The summed E-state index contributed by atoms with van der Waals surface area (Å²) < 4.78 is 60.0. The van der Waals surface area contributed by atoms with Crippen LogP contribution in [0.2, 0.25) is 0 Å². The van der Waals surface area contributed by atoms with E-state index in [1.165, 1.54) is 108 Å². The van der Waals surface area contributed by atoms with Crippen molar-refractivity contribution in [1.29, 1.82) is 0 Å². The van der Waals surface area contributed by atoms with Crippen molar-refractivity contribution >= 4 is 70.9 Å². The number of carbonyl (C=O) groups is 12. The Labute approximate surface area is 631 Å². The van der Waals surface area contributed by atoms with Gasteiger partial charge >= 0.3 is 6.18 Å². The molecule has 2 saturated heterocycles.